The normalized spacial score (nSPS) is 20.0. The number of aliphatic hydroxyl groups is 1. The summed E-state index contributed by atoms with van der Waals surface area (Å²) >= 11 is 1.59. The lowest BCUT2D eigenvalue weighted by Gasteiger charge is -2.29. The molecule has 1 aliphatic heterocycles. The number of ketones is 1. The van der Waals surface area contributed by atoms with Gasteiger partial charge in [0.25, 0.3) is 0 Å². The van der Waals surface area contributed by atoms with E-state index in [9.17, 15) is 4.79 Å². The first kappa shape index (κ1) is 16.5. The fourth-order valence-electron chi connectivity index (χ4n) is 3.23. The lowest BCUT2D eigenvalue weighted by molar-refractivity contribution is 0.0917. The van der Waals surface area contributed by atoms with Crippen LogP contribution in [-0.4, -0.2) is 43.8 Å². The average Bonchev–Trinajstić information content (AvgIpc) is 2.86. The molecule has 5 heteroatoms. The molecular weight excluding hydrogens is 310 g/mol. The van der Waals surface area contributed by atoms with E-state index in [0.717, 1.165) is 40.5 Å². The Morgan fingerprint density at radius 3 is 2.74 bits per heavy atom. The SMILES string of the molecule is CC1(C)CC(=O)c2sc(N3CCOCC3)c(C#CCCO)c2C1. The molecule has 1 aromatic rings. The summed E-state index contributed by atoms with van der Waals surface area (Å²) in [5, 5.41) is 10.1. The monoisotopic (exact) mass is 333 g/mol. The third kappa shape index (κ3) is 3.45. The molecular formula is C18H23NO3S. The van der Waals surface area contributed by atoms with Gasteiger partial charge in [-0.3, -0.25) is 4.79 Å². The Hall–Kier alpha value is -1.35. The van der Waals surface area contributed by atoms with E-state index in [1.54, 1.807) is 11.3 Å². The van der Waals surface area contributed by atoms with Crippen molar-refractivity contribution in [3.63, 3.8) is 0 Å². The van der Waals surface area contributed by atoms with E-state index < -0.39 is 0 Å². The van der Waals surface area contributed by atoms with Gasteiger partial charge in [-0.05, 0) is 17.4 Å². The molecule has 0 aromatic carbocycles. The molecule has 1 N–H and O–H groups in total. The summed E-state index contributed by atoms with van der Waals surface area (Å²) in [5.74, 6) is 6.53. The molecule has 1 saturated heterocycles. The number of carbonyl (C=O) groups is 1. The van der Waals surface area contributed by atoms with Gasteiger partial charge in [0.15, 0.2) is 5.78 Å². The van der Waals surface area contributed by atoms with Crippen molar-refractivity contribution in [3.8, 4) is 11.8 Å². The summed E-state index contributed by atoms with van der Waals surface area (Å²) in [6.07, 6.45) is 1.95. The van der Waals surface area contributed by atoms with E-state index >= 15 is 0 Å². The zero-order valence-corrected chi connectivity index (χ0v) is 14.6. The van der Waals surface area contributed by atoms with Crippen molar-refractivity contribution in [1.29, 1.82) is 0 Å². The van der Waals surface area contributed by atoms with Crippen molar-refractivity contribution >= 4 is 22.1 Å². The van der Waals surface area contributed by atoms with E-state index in [0.29, 0.717) is 26.1 Å². The molecule has 124 valence electrons. The number of morpholine rings is 1. The minimum absolute atomic E-state index is 0.0131. The van der Waals surface area contributed by atoms with Crippen LogP contribution in [0.2, 0.25) is 0 Å². The summed E-state index contributed by atoms with van der Waals surface area (Å²) < 4.78 is 5.44. The summed E-state index contributed by atoms with van der Waals surface area (Å²) in [4.78, 5) is 15.7. The maximum Gasteiger partial charge on any atom is 0.173 e. The van der Waals surface area contributed by atoms with Crippen LogP contribution in [0.4, 0.5) is 5.00 Å². The molecule has 0 atom stereocenters. The van der Waals surface area contributed by atoms with Crippen LogP contribution in [0.1, 0.15) is 47.5 Å². The van der Waals surface area contributed by atoms with Crippen molar-refractivity contribution < 1.29 is 14.6 Å². The number of fused-ring (bicyclic) bond motifs is 1. The second-order valence-corrected chi connectivity index (χ2v) is 7.90. The first-order chi connectivity index (χ1) is 11.0. The van der Waals surface area contributed by atoms with Crippen LogP contribution in [0, 0.1) is 17.3 Å². The quantitative estimate of drug-likeness (QED) is 0.845. The number of anilines is 1. The maximum atomic E-state index is 12.6. The summed E-state index contributed by atoms with van der Waals surface area (Å²) in [6, 6.07) is 0. The lowest BCUT2D eigenvalue weighted by Crippen LogP contribution is -2.36. The van der Waals surface area contributed by atoms with Crippen LogP contribution in [0.5, 0.6) is 0 Å². The van der Waals surface area contributed by atoms with Crippen molar-refractivity contribution in [2.75, 3.05) is 37.8 Å². The number of hydrogen-bond acceptors (Lipinski definition) is 5. The minimum Gasteiger partial charge on any atom is -0.395 e. The molecule has 3 rings (SSSR count). The third-order valence-electron chi connectivity index (χ3n) is 4.28. The highest BCUT2D eigenvalue weighted by Gasteiger charge is 2.36. The first-order valence-corrected chi connectivity index (χ1v) is 8.95. The molecule has 2 aliphatic rings. The molecule has 1 aliphatic carbocycles. The smallest absolute Gasteiger partial charge is 0.173 e. The topological polar surface area (TPSA) is 49.8 Å². The van der Waals surface area contributed by atoms with Crippen LogP contribution >= 0.6 is 11.3 Å². The number of hydrogen-bond donors (Lipinski definition) is 1. The number of aliphatic hydroxyl groups excluding tert-OH is 1. The largest absolute Gasteiger partial charge is 0.395 e. The third-order valence-corrected chi connectivity index (χ3v) is 5.62. The van der Waals surface area contributed by atoms with Crippen LogP contribution in [0.15, 0.2) is 0 Å². The maximum absolute atomic E-state index is 12.6. The minimum atomic E-state index is -0.0131. The van der Waals surface area contributed by atoms with Gasteiger partial charge in [0.05, 0.1) is 30.3 Å². The van der Waals surface area contributed by atoms with Crippen molar-refractivity contribution in [3.05, 3.63) is 16.0 Å². The van der Waals surface area contributed by atoms with Gasteiger partial charge in [0.1, 0.15) is 5.00 Å². The standard InChI is InChI=1S/C18H23NO3S/c1-18(2)11-14-13(5-3-4-8-20)17(19-6-9-22-10-7-19)23-16(14)15(21)12-18/h20H,4,6-12H2,1-2H3. The Morgan fingerprint density at radius 2 is 2.04 bits per heavy atom. The Balaban J connectivity index is 2.05. The molecule has 4 nitrogen and oxygen atoms in total. The van der Waals surface area contributed by atoms with Gasteiger partial charge in [-0.2, -0.15) is 0 Å². The predicted octanol–water partition coefficient (Wildman–Crippen LogP) is 2.47. The van der Waals surface area contributed by atoms with E-state index in [-0.39, 0.29) is 17.8 Å². The second kappa shape index (κ2) is 6.64. The highest BCUT2D eigenvalue weighted by atomic mass is 32.1. The molecule has 1 fully saturated rings. The van der Waals surface area contributed by atoms with E-state index in [1.807, 2.05) is 0 Å². The van der Waals surface area contributed by atoms with E-state index in [4.69, 9.17) is 9.84 Å². The van der Waals surface area contributed by atoms with Crippen LogP contribution in [0.3, 0.4) is 0 Å². The van der Waals surface area contributed by atoms with Crippen molar-refractivity contribution in [2.24, 2.45) is 5.41 Å². The first-order valence-electron chi connectivity index (χ1n) is 8.13. The molecule has 0 bridgehead atoms. The highest BCUT2D eigenvalue weighted by molar-refractivity contribution is 7.18. The van der Waals surface area contributed by atoms with Crippen LogP contribution in [-0.2, 0) is 11.2 Å². The van der Waals surface area contributed by atoms with Crippen molar-refractivity contribution in [2.45, 2.75) is 33.1 Å². The highest BCUT2D eigenvalue weighted by Crippen LogP contribution is 2.44. The zero-order valence-electron chi connectivity index (χ0n) is 13.8. The molecule has 0 unspecified atom stereocenters. The van der Waals surface area contributed by atoms with Gasteiger partial charge in [-0.25, -0.2) is 0 Å². The van der Waals surface area contributed by atoms with Gasteiger partial charge >= 0.3 is 0 Å². The van der Waals surface area contributed by atoms with Gasteiger partial charge in [-0.15, -0.1) is 11.3 Å². The Labute approximate surface area is 141 Å². The van der Waals surface area contributed by atoms with Crippen LogP contribution < -0.4 is 4.90 Å². The van der Waals surface area contributed by atoms with Gasteiger partial charge < -0.3 is 14.7 Å². The Bertz CT molecular complexity index is 660. The number of ether oxygens (including phenoxy) is 1. The summed E-state index contributed by atoms with van der Waals surface area (Å²) in [6.45, 7) is 7.46. The van der Waals surface area contributed by atoms with Gasteiger partial charge in [-0.1, -0.05) is 25.7 Å². The molecule has 0 spiro atoms. The molecule has 0 saturated carbocycles. The number of rotatable bonds is 2. The number of thiophene rings is 1. The Morgan fingerprint density at radius 1 is 1.30 bits per heavy atom. The lowest BCUT2D eigenvalue weighted by atomic mass is 9.75. The molecule has 0 amide bonds. The molecule has 23 heavy (non-hydrogen) atoms. The average molecular weight is 333 g/mol. The fraction of sp³-hybridized carbons (Fsp3) is 0.611. The number of carbonyl (C=O) groups excluding carboxylic acids is 1. The predicted molar refractivity (Wildman–Crippen MR) is 92.4 cm³/mol. The molecule has 2 heterocycles. The van der Waals surface area contributed by atoms with E-state index in [2.05, 4.69) is 30.6 Å². The molecule has 1 aromatic heterocycles. The van der Waals surface area contributed by atoms with Gasteiger partial charge in [0, 0.05) is 25.9 Å². The number of nitrogens with zero attached hydrogens (tertiary/aromatic N) is 1. The Kier molecular flexibility index (Phi) is 4.77. The molecule has 0 radical (unpaired) electrons. The number of Topliss-reactive ketones (excluding diaryl/α,β-unsaturated/α-hetero) is 1. The van der Waals surface area contributed by atoms with Crippen LogP contribution in [0.25, 0.3) is 0 Å². The zero-order chi connectivity index (χ0) is 16.4. The van der Waals surface area contributed by atoms with Crippen molar-refractivity contribution in [1.82, 2.24) is 0 Å². The second-order valence-electron chi connectivity index (χ2n) is 6.91. The van der Waals surface area contributed by atoms with E-state index in [1.165, 1.54) is 0 Å². The fourth-order valence-corrected chi connectivity index (χ4v) is 4.49. The summed E-state index contributed by atoms with van der Waals surface area (Å²) in [7, 11) is 0. The summed E-state index contributed by atoms with van der Waals surface area (Å²) in [5.41, 5.74) is 2.10. The van der Waals surface area contributed by atoms with Gasteiger partial charge in [0.2, 0.25) is 0 Å².